The highest BCUT2D eigenvalue weighted by atomic mass is 19.4. The van der Waals surface area contributed by atoms with Crippen molar-refractivity contribution in [3.05, 3.63) is 34.9 Å². The minimum atomic E-state index is -4.13. The Morgan fingerprint density at radius 1 is 1.25 bits per heavy atom. The first-order chi connectivity index (χ1) is 7.29. The predicted molar refractivity (Wildman–Crippen MR) is 58.1 cm³/mol. The fourth-order valence-corrected chi connectivity index (χ4v) is 1.72. The molecule has 0 aliphatic rings. The van der Waals surface area contributed by atoms with Gasteiger partial charge in [-0.3, -0.25) is 0 Å². The molecule has 2 N–H and O–H groups in total. The maximum Gasteiger partial charge on any atom is 0.389 e. The van der Waals surface area contributed by atoms with E-state index in [4.69, 9.17) is 5.73 Å². The highest BCUT2D eigenvalue weighted by Gasteiger charge is 2.28. The second-order valence-corrected chi connectivity index (χ2v) is 4.12. The van der Waals surface area contributed by atoms with Crippen LogP contribution < -0.4 is 5.73 Å². The molecule has 0 heterocycles. The molecule has 1 aromatic rings. The SMILES string of the molecule is Cc1ccc(C(N)CCC(F)(F)F)c(C)c1. The molecule has 0 saturated carbocycles. The number of aryl methyl sites for hydroxylation is 2. The Hall–Kier alpha value is -1.03. The first kappa shape index (κ1) is 13.0. The van der Waals surface area contributed by atoms with Crippen LogP contribution in [0.4, 0.5) is 13.2 Å². The summed E-state index contributed by atoms with van der Waals surface area (Å²) >= 11 is 0. The third-order valence-electron chi connectivity index (χ3n) is 2.56. The Labute approximate surface area is 93.5 Å². The summed E-state index contributed by atoms with van der Waals surface area (Å²) in [6.45, 7) is 3.81. The van der Waals surface area contributed by atoms with Crippen LogP contribution >= 0.6 is 0 Å². The van der Waals surface area contributed by atoms with Crippen LogP contribution in [0.15, 0.2) is 18.2 Å². The van der Waals surface area contributed by atoms with E-state index in [-0.39, 0.29) is 6.42 Å². The summed E-state index contributed by atoms with van der Waals surface area (Å²) in [4.78, 5) is 0. The van der Waals surface area contributed by atoms with Gasteiger partial charge in [-0.15, -0.1) is 0 Å². The summed E-state index contributed by atoms with van der Waals surface area (Å²) in [5.74, 6) is 0. The van der Waals surface area contributed by atoms with Crippen molar-refractivity contribution in [3.63, 3.8) is 0 Å². The molecule has 0 aromatic heterocycles. The first-order valence-electron chi connectivity index (χ1n) is 5.19. The lowest BCUT2D eigenvalue weighted by Gasteiger charge is -2.16. The number of nitrogens with two attached hydrogens (primary N) is 1. The Morgan fingerprint density at radius 3 is 2.38 bits per heavy atom. The van der Waals surface area contributed by atoms with Gasteiger partial charge in [0, 0.05) is 12.5 Å². The fourth-order valence-electron chi connectivity index (χ4n) is 1.72. The molecular formula is C12H16F3N. The van der Waals surface area contributed by atoms with E-state index < -0.39 is 18.6 Å². The van der Waals surface area contributed by atoms with Gasteiger partial charge in [0.1, 0.15) is 0 Å². The number of rotatable bonds is 3. The Bertz CT molecular complexity index is 358. The number of hydrogen-bond donors (Lipinski definition) is 1. The molecule has 1 aromatic carbocycles. The molecule has 1 nitrogen and oxygen atoms in total. The van der Waals surface area contributed by atoms with Crippen LogP contribution in [0, 0.1) is 13.8 Å². The van der Waals surface area contributed by atoms with Crippen molar-refractivity contribution in [3.8, 4) is 0 Å². The zero-order chi connectivity index (χ0) is 12.3. The lowest BCUT2D eigenvalue weighted by atomic mass is 9.97. The van der Waals surface area contributed by atoms with E-state index in [1.807, 2.05) is 32.0 Å². The molecule has 0 spiro atoms. The molecular weight excluding hydrogens is 215 g/mol. The van der Waals surface area contributed by atoms with Gasteiger partial charge in [0.2, 0.25) is 0 Å². The van der Waals surface area contributed by atoms with Gasteiger partial charge in [-0.2, -0.15) is 13.2 Å². The average Bonchev–Trinajstić information content (AvgIpc) is 2.13. The zero-order valence-electron chi connectivity index (χ0n) is 9.43. The van der Waals surface area contributed by atoms with E-state index in [0.717, 1.165) is 16.7 Å². The van der Waals surface area contributed by atoms with Crippen molar-refractivity contribution in [1.29, 1.82) is 0 Å². The average molecular weight is 231 g/mol. The van der Waals surface area contributed by atoms with Crippen LogP contribution in [-0.2, 0) is 0 Å². The monoisotopic (exact) mass is 231 g/mol. The topological polar surface area (TPSA) is 26.0 Å². The van der Waals surface area contributed by atoms with Crippen molar-refractivity contribution in [1.82, 2.24) is 0 Å². The molecule has 0 aliphatic carbocycles. The molecule has 1 atom stereocenters. The number of halogens is 3. The molecule has 0 radical (unpaired) electrons. The van der Waals surface area contributed by atoms with Crippen LogP contribution in [0.2, 0.25) is 0 Å². The van der Waals surface area contributed by atoms with E-state index in [1.54, 1.807) is 0 Å². The highest BCUT2D eigenvalue weighted by Crippen LogP contribution is 2.27. The van der Waals surface area contributed by atoms with Gasteiger partial charge in [0.15, 0.2) is 0 Å². The van der Waals surface area contributed by atoms with Crippen molar-refractivity contribution < 1.29 is 13.2 Å². The smallest absolute Gasteiger partial charge is 0.324 e. The van der Waals surface area contributed by atoms with E-state index in [0.29, 0.717) is 0 Å². The van der Waals surface area contributed by atoms with Crippen molar-refractivity contribution in [2.24, 2.45) is 5.73 Å². The Kier molecular flexibility index (Phi) is 3.97. The molecule has 1 unspecified atom stereocenters. The van der Waals surface area contributed by atoms with Crippen LogP contribution in [0.5, 0.6) is 0 Å². The molecule has 0 bridgehead atoms. The highest BCUT2D eigenvalue weighted by molar-refractivity contribution is 5.32. The van der Waals surface area contributed by atoms with Gasteiger partial charge in [-0.25, -0.2) is 0 Å². The Morgan fingerprint density at radius 2 is 1.88 bits per heavy atom. The Balaban J connectivity index is 2.70. The fraction of sp³-hybridized carbons (Fsp3) is 0.500. The lowest BCUT2D eigenvalue weighted by Crippen LogP contribution is -2.16. The van der Waals surface area contributed by atoms with E-state index in [1.165, 1.54) is 0 Å². The molecule has 0 fully saturated rings. The van der Waals surface area contributed by atoms with E-state index >= 15 is 0 Å². The van der Waals surface area contributed by atoms with Crippen molar-refractivity contribution in [2.45, 2.75) is 38.9 Å². The minimum Gasteiger partial charge on any atom is -0.324 e. The maximum absolute atomic E-state index is 12.0. The van der Waals surface area contributed by atoms with Crippen LogP contribution in [-0.4, -0.2) is 6.18 Å². The number of alkyl halides is 3. The van der Waals surface area contributed by atoms with Gasteiger partial charge in [0.25, 0.3) is 0 Å². The molecule has 90 valence electrons. The summed E-state index contributed by atoms with van der Waals surface area (Å²) in [5.41, 5.74) is 8.59. The largest absolute Gasteiger partial charge is 0.389 e. The molecule has 1 rings (SSSR count). The molecule has 4 heteroatoms. The van der Waals surface area contributed by atoms with Crippen LogP contribution in [0.1, 0.15) is 35.6 Å². The van der Waals surface area contributed by atoms with Crippen LogP contribution in [0.3, 0.4) is 0 Å². The summed E-state index contributed by atoms with van der Waals surface area (Å²) in [7, 11) is 0. The van der Waals surface area contributed by atoms with E-state index in [9.17, 15) is 13.2 Å². The minimum absolute atomic E-state index is 0.0621. The van der Waals surface area contributed by atoms with Gasteiger partial charge < -0.3 is 5.73 Å². The van der Waals surface area contributed by atoms with Gasteiger partial charge >= 0.3 is 6.18 Å². The second-order valence-electron chi connectivity index (χ2n) is 4.12. The summed E-state index contributed by atoms with van der Waals surface area (Å²) < 4.78 is 36.1. The molecule has 0 saturated heterocycles. The number of hydrogen-bond acceptors (Lipinski definition) is 1. The normalized spacial score (nSPS) is 13.9. The van der Waals surface area contributed by atoms with Gasteiger partial charge in [-0.1, -0.05) is 23.8 Å². The van der Waals surface area contributed by atoms with E-state index in [2.05, 4.69) is 0 Å². The van der Waals surface area contributed by atoms with Crippen molar-refractivity contribution >= 4 is 0 Å². The molecule has 16 heavy (non-hydrogen) atoms. The van der Waals surface area contributed by atoms with Crippen LogP contribution in [0.25, 0.3) is 0 Å². The third-order valence-corrected chi connectivity index (χ3v) is 2.56. The predicted octanol–water partition coefficient (Wildman–Crippen LogP) is 3.65. The zero-order valence-corrected chi connectivity index (χ0v) is 9.43. The van der Waals surface area contributed by atoms with Crippen molar-refractivity contribution in [2.75, 3.05) is 0 Å². The molecule has 0 aliphatic heterocycles. The summed E-state index contributed by atoms with van der Waals surface area (Å²) in [5, 5.41) is 0. The first-order valence-corrected chi connectivity index (χ1v) is 5.19. The summed E-state index contributed by atoms with van der Waals surface area (Å²) in [6.07, 6.45) is -5.02. The quantitative estimate of drug-likeness (QED) is 0.844. The van der Waals surface area contributed by atoms with Gasteiger partial charge in [-0.05, 0) is 31.4 Å². The second kappa shape index (κ2) is 4.87. The maximum atomic E-state index is 12.0. The lowest BCUT2D eigenvalue weighted by molar-refractivity contribution is -0.136. The summed E-state index contributed by atoms with van der Waals surface area (Å²) in [6, 6.07) is 5.08. The standard InChI is InChI=1S/C12H16F3N/c1-8-3-4-10(9(2)7-8)11(16)5-6-12(13,14)15/h3-4,7,11H,5-6,16H2,1-2H3. The van der Waals surface area contributed by atoms with Gasteiger partial charge in [0.05, 0.1) is 0 Å². The molecule has 0 amide bonds. The third kappa shape index (κ3) is 3.85. The number of benzene rings is 1.